The van der Waals surface area contributed by atoms with Gasteiger partial charge in [-0.3, -0.25) is 0 Å². The molecule has 0 N–H and O–H groups in total. The minimum atomic E-state index is 0.920. The Balaban J connectivity index is 1.42. The van der Waals surface area contributed by atoms with Crippen LogP contribution in [0.2, 0.25) is 0 Å². The van der Waals surface area contributed by atoms with Crippen molar-refractivity contribution in [2.24, 2.45) is 0 Å². The largest absolute Gasteiger partial charge is 0.455 e. The van der Waals surface area contributed by atoms with Crippen LogP contribution in [0.5, 0.6) is 11.5 Å². The standard InChI is InChI=1S/C38H22O/c1-4-12-29-23(8-1)16-17-27-20-25-10-3-5-13-30(25)37(36(27)29)28-21-26-11-7-15-32-33-19-18-24-9-2-6-14-31(24)38(33)39-34(22-28)35(26)32/h1-22H. The lowest BCUT2D eigenvalue weighted by molar-refractivity contribution is 0.493. The van der Waals surface area contributed by atoms with E-state index in [1.165, 1.54) is 65.2 Å². The maximum absolute atomic E-state index is 6.84. The Hall–Kier alpha value is -5.14. The number of hydrogen-bond acceptors (Lipinski definition) is 1. The molecule has 1 heteroatoms. The second-order valence-corrected chi connectivity index (χ2v) is 10.5. The molecule has 0 fully saturated rings. The number of benzene rings is 8. The van der Waals surface area contributed by atoms with Gasteiger partial charge in [0, 0.05) is 16.3 Å². The van der Waals surface area contributed by atoms with Crippen LogP contribution >= 0.6 is 0 Å². The van der Waals surface area contributed by atoms with E-state index in [9.17, 15) is 0 Å². The zero-order valence-corrected chi connectivity index (χ0v) is 21.1. The molecule has 180 valence electrons. The molecule has 0 spiro atoms. The summed E-state index contributed by atoms with van der Waals surface area (Å²) >= 11 is 0. The Morgan fingerprint density at radius 2 is 1.03 bits per heavy atom. The third kappa shape index (κ3) is 2.90. The molecule has 0 bridgehead atoms. The lowest BCUT2D eigenvalue weighted by Crippen LogP contribution is -1.99. The van der Waals surface area contributed by atoms with Crippen molar-refractivity contribution in [3.8, 4) is 33.8 Å². The van der Waals surface area contributed by atoms with E-state index in [2.05, 4.69) is 133 Å². The summed E-state index contributed by atoms with van der Waals surface area (Å²) in [5.74, 6) is 1.86. The number of rotatable bonds is 1. The van der Waals surface area contributed by atoms with Crippen molar-refractivity contribution in [1.82, 2.24) is 0 Å². The Morgan fingerprint density at radius 3 is 1.90 bits per heavy atom. The van der Waals surface area contributed by atoms with Crippen LogP contribution in [-0.2, 0) is 0 Å². The molecule has 0 atom stereocenters. The summed E-state index contributed by atoms with van der Waals surface area (Å²) in [7, 11) is 0. The third-order valence-electron chi connectivity index (χ3n) is 8.36. The maximum atomic E-state index is 6.84. The lowest BCUT2D eigenvalue weighted by atomic mass is 9.86. The van der Waals surface area contributed by atoms with Crippen LogP contribution in [0, 0.1) is 0 Å². The van der Waals surface area contributed by atoms with Gasteiger partial charge in [-0.15, -0.1) is 0 Å². The molecule has 0 aliphatic carbocycles. The van der Waals surface area contributed by atoms with Gasteiger partial charge in [-0.1, -0.05) is 109 Å². The fraction of sp³-hybridized carbons (Fsp3) is 0. The predicted molar refractivity (Wildman–Crippen MR) is 165 cm³/mol. The Bertz CT molecular complexity index is 2310. The normalized spacial score (nSPS) is 12.3. The number of ether oxygens (including phenoxy) is 1. The molecule has 8 aromatic carbocycles. The van der Waals surface area contributed by atoms with Crippen molar-refractivity contribution in [2.45, 2.75) is 0 Å². The summed E-state index contributed by atoms with van der Waals surface area (Å²) in [4.78, 5) is 0. The fourth-order valence-corrected chi connectivity index (χ4v) is 6.65. The van der Waals surface area contributed by atoms with Crippen molar-refractivity contribution in [3.05, 3.63) is 133 Å². The molecule has 9 rings (SSSR count). The van der Waals surface area contributed by atoms with E-state index < -0.39 is 0 Å². The third-order valence-corrected chi connectivity index (χ3v) is 8.36. The maximum Gasteiger partial charge on any atom is 0.143 e. The fourth-order valence-electron chi connectivity index (χ4n) is 6.65. The van der Waals surface area contributed by atoms with Gasteiger partial charge in [0.1, 0.15) is 11.5 Å². The van der Waals surface area contributed by atoms with Gasteiger partial charge in [-0.05, 0) is 84.0 Å². The van der Waals surface area contributed by atoms with Crippen LogP contribution in [0.1, 0.15) is 0 Å². The van der Waals surface area contributed by atoms with Gasteiger partial charge in [0.15, 0.2) is 0 Å². The number of fused-ring (bicyclic) bond motifs is 8. The van der Waals surface area contributed by atoms with E-state index in [0.717, 1.165) is 22.4 Å². The van der Waals surface area contributed by atoms with Gasteiger partial charge >= 0.3 is 0 Å². The van der Waals surface area contributed by atoms with Gasteiger partial charge in [0.05, 0.1) is 0 Å². The van der Waals surface area contributed by atoms with Crippen LogP contribution in [0.15, 0.2) is 133 Å². The number of hydrogen-bond donors (Lipinski definition) is 0. The molecule has 1 heterocycles. The van der Waals surface area contributed by atoms with Gasteiger partial charge in [0.25, 0.3) is 0 Å². The first-order valence-corrected chi connectivity index (χ1v) is 13.4. The smallest absolute Gasteiger partial charge is 0.143 e. The van der Waals surface area contributed by atoms with Crippen molar-refractivity contribution < 1.29 is 4.74 Å². The highest BCUT2D eigenvalue weighted by Crippen LogP contribution is 2.51. The first-order chi connectivity index (χ1) is 19.3. The highest BCUT2D eigenvalue weighted by atomic mass is 16.5. The molecular weight excluding hydrogens is 472 g/mol. The molecule has 8 aromatic rings. The van der Waals surface area contributed by atoms with Crippen LogP contribution in [0.25, 0.3) is 76.1 Å². The first kappa shape index (κ1) is 20.9. The summed E-state index contributed by atoms with van der Waals surface area (Å²) in [6.07, 6.45) is 0. The van der Waals surface area contributed by atoms with Crippen LogP contribution in [0.4, 0.5) is 0 Å². The average molecular weight is 495 g/mol. The van der Waals surface area contributed by atoms with Crippen molar-refractivity contribution in [1.29, 1.82) is 0 Å². The van der Waals surface area contributed by atoms with Gasteiger partial charge in [0.2, 0.25) is 0 Å². The molecule has 1 nitrogen and oxygen atoms in total. The average Bonchev–Trinajstić information content (AvgIpc) is 2.99. The minimum absolute atomic E-state index is 0.920. The summed E-state index contributed by atoms with van der Waals surface area (Å²) in [5, 5.41) is 12.3. The summed E-state index contributed by atoms with van der Waals surface area (Å²) in [6, 6.07) is 48.4. The minimum Gasteiger partial charge on any atom is -0.455 e. The lowest BCUT2D eigenvalue weighted by Gasteiger charge is -2.24. The van der Waals surface area contributed by atoms with E-state index in [1.807, 2.05) is 0 Å². The quantitative estimate of drug-likeness (QED) is 0.163. The summed E-state index contributed by atoms with van der Waals surface area (Å²) in [5.41, 5.74) is 4.82. The first-order valence-electron chi connectivity index (χ1n) is 13.4. The van der Waals surface area contributed by atoms with Crippen molar-refractivity contribution >= 4 is 53.9 Å². The van der Waals surface area contributed by atoms with E-state index in [-0.39, 0.29) is 0 Å². The monoisotopic (exact) mass is 494 g/mol. The molecule has 0 saturated carbocycles. The second kappa shape index (κ2) is 7.69. The summed E-state index contributed by atoms with van der Waals surface area (Å²) < 4.78 is 6.84. The summed E-state index contributed by atoms with van der Waals surface area (Å²) in [6.45, 7) is 0. The van der Waals surface area contributed by atoms with Crippen molar-refractivity contribution in [3.63, 3.8) is 0 Å². The predicted octanol–water partition coefficient (Wildman–Crippen LogP) is 10.9. The van der Waals surface area contributed by atoms with Gasteiger partial charge in [-0.25, -0.2) is 0 Å². The molecule has 1 aliphatic heterocycles. The molecule has 1 aliphatic rings. The highest BCUT2D eigenvalue weighted by molar-refractivity contribution is 6.23. The molecular formula is C38H22O. The molecule has 0 unspecified atom stereocenters. The van der Waals surface area contributed by atoms with E-state index in [1.54, 1.807) is 0 Å². The molecule has 0 saturated heterocycles. The Morgan fingerprint density at radius 1 is 0.385 bits per heavy atom. The van der Waals surface area contributed by atoms with E-state index in [0.29, 0.717) is 0 Å². The molecule has 0 aromatic heterocycles. The van der Waals surface area contributed by atoms with Crippen LogP contribution in [-0.4, -0.2) is 0 Å². The zero-order chi connectivity index (χ0) is 25.5. The highest BCUT2D eigenvalue weighted by Gasteiger charge is 2.23. The van der Waals surface area contributed by atoms with Crippen molar-refractivity contribution in [2.75, 3.05) is 0 Å². The second-order valence-electron chi connectivity index (χ2n) is 10.5. The SMILES string of the molecule is c1ccc2c3c(ccc2c1)-c1cccc2cc(-c4c5ccccc5cc5ccc6ccccc6c45)cc(c12)O3. The molecule has 39 heavy (non-hydrogen) atoms. The van der Waals surface area contributed by atoms with Gasteiger partial charge in [-0.2, -0.15) is 0 Å². The van der Waals surface area contributed by atoms with E-state index >= 15 is 0 Å². The molecule has 0 radical (unpaired) electrons. The van der Waals surface area contributed by atoms with Crippen LogP contribution in [0.3, 0.4) is 0 Å². The van der Waals surface area contributed by atoms with Gasteiger partial charge < -0.3 is 4.74 Å². The van der Waals surface area contributed by atoms with E-state index in [4.69, 9.17) is 4.74 Å². The Kier molecular flexibility index (Phi) is 4.11. The topological polar surface area (TPSA) is 9.23 Å². The zero-order valence-electron chi connectivity index (χ0n) is 21.1. The Labute approximate surface area is 225 Å². The molecule has 0 amide bonds. The van der Waals surface area contributed by atoms with Crippen LogP contribution < -0.4 is 4.74 Å².